The summed E-state index contributed by atoms with van der Waals surface area (Å²) < 4.78 is 80.4. The second-order valence-corrected chi connectivity index (χ2v) is 7.37. The van der Waals surface area contributed by atoms with Gasteiger partial charge < -0.3 is 9.47 Å². The third kappa shape index (κ3) is 12.7. The predicted octanol–water partition coefficient (Wildman–Crippen LogP) is 8.01. The summed E-state index contributed by atoms with van der Waals surface area (Å²) in [5.41, 5.74) is 1.28. The monoisotopic (exact) mass is 482 g/mol. The van der Waals surface area contributed by atoms with Crippen molar-refractivity contribution in [2.45, 2.75) is 64.1 Å². The van der Waals surface area contributed by atoms with E-state index in [0.29, 0.717) is 11.1 Å². The van der Waals surface area contributed by atoms with E-state index in [1.165, 1.54) is 48.5 Å². The van der Waals surface area contributed by atoms with Crippen LogP contribution in [0.1, 0.15) is 62.5 Å². The number of hydrogen-bond donors (Lipinski definition) is 0. The summed E-state index contributed by atoms with van der Waals surface area (Å²) in [4.78, 5) is 0. The molecule has 0 saturated heterocycles. The first-order valence-electron chi connectivity index (χ1n) is 10.8. The Morgan fingerprint density at radius 2 is 0.824 bits per heavy atom. The van der Waals surface area contributed by atoms with Crippen LogP contribution in [0.15, 0.2) is 48.5 Å². The Morgan fingerprint density at radius 1 is 0.500 bits per heavy atom. The van der Waals surface area contributed by atoms with E-state index in [4.69, 9.17) is 0 Å². The van der Waals surface area contributed by atoms with Crippen molar-refractivity contribution in [1.29, 1.82) is 0 Å². The molecule has 0 amide bonds. The highest BCUT2D eigenvalue weighted by Crippen LogP contribution is 2.23. The molecule has 2 aromatic carbocycles. The van der Waals surface area contributed by atoms with E-state index < -0.39 is 12.7 Å². The molecule has 34 heavy (non-hydrogen) atoms. The van der Waals surface area contributed by atoms with Crippen molar-refractivity contribution in [2.24, 2.45) is 0 Å². The Morgan fingerprint density at radius 3 is 1.15 bits per heavy atom. The van der Waals surface area contributed by atoms with Crippen molar-refractivity contribution in [3.05, 3.63) is 59.7 Å². The third-order valence-electron chi connectivity index (χ3n) is 4.49. The second kappa shape index (κ2) is 13.4. The fourth-order valence-corrected chi connectivity index (χ4v) is 2.94. The maximum atomic E-state index is 12.1. The van der Waals surface area contributed by atoms with Gasteiger partial charge in [0.1, 0.15) is 11.5 Å². The van der Waals surface area contributed by atoms with E-state index in [2.05, 4.69) is 33.2 Å². The van der Waals surface area contributed by atoms with Gasteiger partial charge in [0, 0.05) is 24.0 Å². The number of halogens is 6. The van der Waals surface area contributed by atoms with Crippen LogP contribution in [-0.4, -0.2) is 12.7 Å². The zero-order chi connectivity index (χ0) is 24.9. The first-order valence-corrected chi connectivity index (χ1v) is 10.8. The first-order chi connectivity index (χ1) is 16.1. The van der Waals surface area contributed by atoms with Crippen LogP contribution in [0.5, 0.6) is 11.5 Å². The molecule has 0 aliphatic carbocycles. The van der Waals surface area contributed by atoms with Gasteiger partial charge in [-0.3, -0.25) is 0 Å². The fourth-order valence-electron chi connectivity index (χ4n) is 2.94. The molecule has 0 fully saturated rings. The number of benzene rings is 2. The molecule has 0 saturated carbocycles. The molecule has 2 nitrogen and oxygen atoms in total. The number of unbranched alkanes of at least 4 members (excludes halogenated alkanes) is 7. The van der Waals surface area contributed by atoms with Gasteiger partial charge in [0.2, 0.25) is 0 Å². The summed E-state index contributed by atoms with van der Waals surface area (Å²) in [6, 6.07) is 10.9. The second-order valence-electron chi connectivity index (χ2n) is 7.37. The fraction of sp³-hybridized carbons (Fsp3) is 0.385. The summed E-state index contributed by atoms with van der Waals surface area (Å²) in [6.45, 7) is 0. The van der Waals surface area contributed by atoms with Crippen LogP contribution in [0.3, 0.4) is 0 Å². The van der Waals surface area contributed by atoms with Gasteiger partial charge >= 0.3 is 12.7 Å². The van der Waals surface area contributed by atoms with E-state index in [9.17, 15) is 26.3 Å². The molecule has 8 heteroatoms. The Balaban J connectivity index is 1.52. The lowest BCUT2D eigenvalue weighted by molar-refractivity contribution is -0.275. The van der Waals surface area contributed by atoms with E-state index in [0.717, 1.165) is 51.4 Å². The quantitative estimate of drug-likeness (QED) is 0.205. The number of rotatable bonds is 9. The molecule has 0 aliphatic heterocycles. The van der Waals surface area contributed by atoms with Crippen LogP contribution in [0.4, 0.5) is 26.3 Å². The summed E-state index contributed by atoms with van der Waals surface area (Å²) in [5, 5.41) is 0. The lowest BCUT2D eigenvalue weighted by atomic mass is 10.1. The van der Waals surface area contributed by atoms with E-state index >= 15 is 0 Å². The topological polar surface area (TPSA) is 18.5 Å². The van der Waals surface area contributed by atoms with Crippen molar-refractivity contribution in [3.63, 3.8) is 0 Å². The standard InChI is InChI=1S/C26H24F6O2/c27-25(28,29)33-23-17-13-21(14-18-23)11-9-7-5-3-1-2-4-6-8-10-12-22-15-19-24(20-16-22)34-26(30,31)32/h13-20H,1-8H2. The van der Waals surface area contributed by atoms with Crippen LogP contribution in [0.25, 0.3) is 0 Å². The van der Waals surface area contributed by atoms with Gasteiger partial charge in [-0.2, -0.15) is 0 Å². The van der Waals surface area contributed by atoms with E-state index in [1.54, 1.807) is 0 Å². The predicted molar refractivity (Wildman–Crippen MR) is 117 cm³/mol. The van der Waals surface area contributed by atoms with Gasteiger partial charge in [0.05, 0.1) is 0 Å². The maximum absolute atomic E-state index is 12.1. The number of hydrogen-bond acceptors (Lipinski definition) is 2. The van der Waals surface area contributed by atoms with Crippen LogP contribution >= 0.6 is 0 Å². The highest BCUT2D eigenvalue weighted by atomic mass is 19.4. The van der Waals surface area contributed by atoms with Crippen molar-refractivity contribution < 1.29 is 35.8 Å². The van der Waals surface area contributed by atoms with Gasteiger partial charge in [-0.15, -0.1) is 26.3 Å². The van der Waals surface area contributed by atoms with Gasteiger partial charge in [-0.25, -0.2) is 0 Å². The first kappa shape index (κ1) is 27.0. The minimum atomic E-state index is -4.70. The molecule has 0 spiro atoms. The largest absolute Gasteiger partial charge is 0.573 e. The van der Waals surface area contributed by atoms with E-state index in [1.807, 2.05) is 0 Å². The molecule has 0 bridgehead atoms. The summed E-state index contributed by atoms with van der Waals surface area (Å²) in [7, 11) is 0. The zero-order valence-corrected chi connectivity index (χ0v) is 18.4. The average molecular weight is 482 g/mol. The molecule has 0 N–H and O–H groups in total. The maximum Gasteiger partial charge on any atom is 0.573 e. The molecule has 0 radical (unpaired) electrons. The van der Waals surface area contributed by atoms with Gasteiger partial charge in [0.15, 0.2) is 0 Å². The van der Waals surface area contributed by atoms with Crippen molar-refractivity contribution in [2.75, 3.05) is 0 Å². The van der Waals surface area contributed by atoms with Gasteiger partial charge in [0.25, 0.3) is 0 Å². The summed E-state index contributed by atoms with van der Waals surface area (Å²) in [5.74, 6) is 11.4. The van der Waals surface area contributed by atoms with Crippen LogP contribution in [-0.2, 0) is 0 Å². The Labute approximate surface area is 195 Å². The highest BCUT2D eigenvalue weighted by Gasteiger charge is 2.31. The number of alkyl halides is 6. The van der Waals surface area contributed by atoms with Crippen LogP contribution in [0, 0.1) is 23.7 Å². The van der Waals surface area contributed by atoms with Crippen molar-refractivity contribution in [1.82, 2.24) is 0 Å². The average Bonchev–Trinajstić information content (AvgIpc) is 2.74. The molecular formula is C26H24F6O2. The van der Waals surface area contributed by atoms with Gasteiger partial charge in [-0.1, -0.05) is 49.4 Å². The summed E-state index contributed by atoms with van der Waals surface area (Å²) in [6.07, 6.45) is -1.79. The molecule has 182 valence electrons. The summed E-state index contributed by atoms with van der Waals surface area (Å²) >= 11 is 0. The van der Waals surface area contributed by atoms with Crippen LogP contribution < -0.4 is 9.47 Å². The Bertz CT molecular complexity index is 902. The molecule has 0 heterocycles. The molecule has 2 rings (SSSR count). The number of ether oxygens (including phenoxy) is 2. The molecule has 2 aromatic rings. The SMILES string of the molecule is FC(F)(F)Oc1ccc(C#CCCCCCCCCC#Cc2ccc(OC(F)(F)F)cc2)cc1. The minimum Gasteiger partial charge on any atom is -0.406 e. The van der Waals surface area contributed by atoms with Crippen LogP contribution in [0.2, 0.25) is 0 Å². The normalized spacial score (nSPS) is 11.1. The zero-order valence-electron chi connectivity index (χ0n) is 18.4. The lowest BCUT2D eigenvalue weighted by Crippen LogP contribution is -2.16. The third-order valence-corrected chi connectivity index (χ3v) is 4.49. The molecule has 0 aliphatic rings. The molecular weight excluding hydrogens is 458 g/mol. The van der Waals surface area contributed by atoms with Crippen molar-refractivity contribution in [3.8, 4) is 35.2 Å². The smallest absolute Gasteiger partial charge is 0.406 e. The molecule has 0 aromatic heterocycles. The van der Waals surface area contributed by atoms with E-state index in [-0.39, 0.29) is 11.5 Å². The molecule has 0 unspecified atom stereocenters. The minimum absolute atomic E-state index is 0.266. The molecule has 0 atom stereocenters. The highest BCUT2D eigenvalue weighted by molar-refractivity contribution is 5.39. The lowest BCUT2D eigenvalue weighted by Gasteiger charge is -2.08. The Hall–Kier alpha value is -3.26. The van der Waals surface area contributed by atoms with Crippen molar-refractivity contribution >= 4 is 0 Å². The van der Waals surface area contributed by atoms with Gasteiger partial charge in [-0.05, 0) is 61.4 Å². The Kier molecular flexibility index (Phi) is 10.7.